The maximum atomic E-state index is 12.6. The number of carbonyl (C=O) groups is 1. The van der Waals surface area contributed by atoms with Crippen LogP contribution >= 0.6 is 11.8 Å². The minimum absolute atomic E-state index is 0.185. The zero-order chi connectivity index (χ0) is 26.7. The summed E-state index contributed by atoms with van der Waals surface area (Å²) in [5.41, 5.74) is 5.28. The summed E-state index contributed by atoms with van der Waals surface area (Å²) in [5.74, 6) is 3.07. The van der Waals surface area contributed by atoms with E-state index in [1.165, 1.54) is 48.8 Å². The summed E-state index contributed by atoms with van der Waals surface area (Å²) >= 11 is 1.55. The molecule has 37 heavy (non-hydrogen) atoms. The van der Waals surface area contributed by atoms with Crippen LogP contribution < -0.4 is 4.74 Å². The van der Waals surface area contributed by atoms with Gasteiger partial charge in [0.25, 0.3) is 0 Å². The standard InChI is InChI=1S/C31H48O5S/c1-22-18-24(36-27(32)21-37-17-16-35-15-14-34-13-12-33-6)19-23-20-26-30(4)10-7-9-29(2,3)25(30)8-11-31(26,5)28(22)23/h18-19,25-26H,7-17,20-21H2,1-6H3/t25?,26-,30+,31-/m1/s1. The molecule has 1 unspecified atom stereocenters. The van der Waals surface area contributed by atoms with Crippen molar-refractivity contribution in [2.24, 2.45) is 22.7 Å². The number of hydrogen-bond donors (Lipinski definition) is 0. The SMILES string of the molecule is COCCOCCOCCSCC(=O)Oc1cc(C)c2c(c1)C[C@H]1[C@@]2(C)CCC2C(C)(C)CCC[C@@]21C. The third-order valence-corrected chi connectivity index (χ3v) is 10.7. The number of aryl methyl sites for hydroxylation is 1. The van der Waals surface area contributed by atoms with Gasteiger partial charge in [0.15, 0.2) is 0 Å². The summed E-state index contributed by atoms with van der Waals surface area (Å²) in [7, 11) is 1.66. The Balaban J connectivity index is 1.31. The van der Waals surface area contributed by atoms with Gasteiger partial charge in [-0.3, -0.25) is 4.79 Å². The van der Waals surface area contributed by atoms with Gasteiger partial charge < -0.3 is 18.9 Å². The molecule has 0 bridgehead atoms. The molecule has 0 N–H and O–H groups in total. The van der Waals surface area contributed by atoms with Crippen molar-refractivity contribution < 1.29 is 23.7 Å². The van der Waals surface area contributed by atoms with Gasteiger partial charge >= 0.3 is 5.97 Å². The second-order valence-electron chi connectivity index (χ2n) is 12.6. The van der Waals surface area contributed by atoms with Crippen molar-refractivity contribution in [3.63, 3.8) is 0 Å². The Labute approximate surface area is 228 Å². The van der Waals surface area contributed by atoms with E-state index in [2.05, 4.69) is 46.8 Å². The highest BCUT2D eigenvalue weighted by Crippen LogP contribution is 2.67. The lowest BCUT2D eigenvalue weighted by Crippen LogP contribution is -2.55. The Morgan fingerprint density at radius 1 is 0.973 bits per heavy atom. The second-order valence-corrected chi connectivity index (χ2v) is 13.7. The molecule has 0 aliphatic heterocycles. The van der Waals surface area contributed by atoms with Crippen LogP contribution in [0.5, 0.6) is 5.75 Å². The fourth-order valence-corrected chi connectivity index (χ4v) is 8.99. The van der Waals surface area contributed by atoms with Crippen molar-refractivity contribution in [1.29, 1.82) is 0 Å². The third kappa shape index (κ3) is 6.08. The van der Waals surface area contributed by atoms with Crippen LogP contribution in [0.3, 0.4) is 0 Å². The molecule has 0 heterocycles. The van der Waals surface area contributed by atoms with Gasteiger partial charge in [-0.2, -0.15) is 0 Å². The van der Waals surface area contributed by atoms with Crippen molar-refractivity contribution in [2.75, 3.05) is 51.6 Å². The molecular weight excluding hydrogens is 484 g/mol. The van der Waals surface area contributed by atoms with E-state index in [0.717, 1.165) is 18.1 Å². The molecule has 6 heteroatoms. The number of benzene rings is 1. The molecule has 0 amide bonds. The molecule has 0 aromatic heterocycles. The van der Waals surface area contributed by atoms with Gasteiger partial charge in [-0.25, -0.2) is 0 Å². The minimum Gasteiger partial charge on any atom is -0.426 e. The fourth-order valence-electron chi connectivity index (χ4n) is 8.39. The van der Waals surface area contributed by atoms with Crippen LogP contribution in [0.2, 0.25) is 0 Å². The lowest BCUT2D eigenvalue weighted by atomic mass is 9.43. The first-order chi connectivity index (χ1) is 17.6. The van der Waals surface area contributed by atoms with Crippen molar-refractivity contribution in [3.05, 3.63) is 28.8 Å². The molecule has 0 spiro atoms. The van der Waals surface area contributed by atoms with Crippen LogP contribution in [0.15, 0.2) is 12.1 Å². The van der Waals surface area contributed by atoms with Gasteiger partial charge in [-0.15, -0.1) is 11.8 Å². The topological polar surface area (TPSA) is 54.0 Å². The first-order valence-corrected chi connectivity index (χ1v) is 15.3. The van der Waals surface area contributed by atoms with E-state index < -0.39 is 0 Å². The third-order valence-electron chi connectivity index (χ3n) is 9.81. The quantitative estimate of drug-likeness (QED) is 0.177. The summed E-state index contributed by atoms with van der Waals surface area (Å²) < 4.78 is 21.7. The Morgan fingerprint density at radius 3 is 2.46 bits per heavy atom. The van der Waals surface area contributed by atoms with Crippen LogP contribution in [0.25, 0.3) is 0 Å². The average Bonchev–Trinajstić information content (AvgIpc) is 3.13. The molecule has 4 atom stereocenters. The van der Waals surface area contributed by atoms with Crippen molar-refractivity contribution in [3.8, 4) is 5.75 Å². The first-order valence-electron chi connectivity index (χ1n) is 14.2. The van der Waals surface area contributed by atoms with E-state index in [9.17, 15) is 4.79 Å². The lowest BCUT2D eigenvalue weighted by Gasteiger charge is -2.61. The second kappa shape index (κ2) is 12.0. The highest BCUT2D eigenvalue weighted by molar-refractivity contribution is 7.99. The molecule has 5 nitrogen and oxygen atoms in total. The number of methoxy groups -OCH3 is 1. The van der Waals surface area contributed by atoms with E-state index in [1.54, 1.807) is 18.9 Å². The van der Waals surface area contributed by atoms with Crippen LogP contribution in [-0.2, 0) is 30.8 Å². The normalized spacial score (nSPS) is 29.9. The molecule has 208 valence electrons. The van der Waals surface area contributed by atoms with Gasteiger partial charge in [-0.1, -0.05) is 34.1 Å². The first kappa shape index (κ1) is 28.9. The predicted molar refractivity (Wildman–Crippen MR) is 151 cm³/mol. The Hall–Kier alpha value is -1.08. The molecule has 2 fully saturated rings. The fraction of sp³-hybridized carbons (Fsp3) is 0.774. The van der Waals surface area contributed by atoms with E-state index in [1.807, 2.05) is 0 Å². The number of thioether (sulfide) groups is 1. The van der Waals surface area contributed by atoms with Gasteiger partial charge in [0.05, 0.1) is 38.8 Å². The molecule has 0 saturated heterocycles. The van der Waals surface area contributed by atoms with Crippen molar-refractivity contribution >= 4 is 17.7 Å². The smallest absolute Gasteiger partial charge is 0.321 e. The zero-order valence-corrected chi connectivity index (χ0v) is 24.8. The van der Waals surface area contributed by atoms with Crippen molar-refractivity contribution in [1.82, 2.24) is 0 Å². The summed E-state index contributed by atoms with van der Waals surface area (Å²) in [4.78, 5) is 12.6. The Morgan fingerprint density at radius 2 is 1.70 bits per heavy atom. The number of ether oxygens (including phenoxy) is 4. The van der Waals surface area contributed by atoms with E-state index in [-0.39, 0.29) is 11.4 Å². The number of carbonyl (C=O) groups excluding carboxylic acids is 1. The molecular formula is C31H48O5S. The van der Waals surface area contributed by atoms with Crippen LogP contribution in [0.1, 0.15) is 76.5 Å². The lowest BCUT2D eigenvalue weighted by molar-refractivity contribution is -0.131. The maximum Gasteiger partial charge on any atom is 0.321 e. The van der Waals surface area contributed by atoms with E-state index in [0.29, 0.717) is 61.3 Å². The van der Waals surface area contributed by atoms with Crippen LogP contribution in [0.4, 0.5) is 0 Å². The summed E-state index contributed by atoms with van der Waals surface area (Å²) in [6.45, 7) is 15.2. The van der Waals surface area contributed by atoms with Gasteiger partial charge in [0.2, 0.25) is 0 Å². The zero-order valence-electron chi connectivity index (χ0n) is 24.0. The number of esters is 1. The van der Waals surface area contributed by atoms with Gasteiger partial charge in [0, 0.05) is 12.9 Å². The number of fused-ring (bicyclic) bond motifs is 5. The van der Waals surface area contributed by atoms with Crippen molar-refractivity contribution in [2.45, 2.75) is 78.6 Å². The summed E-state index contributed by atoms with van der Waals surface area (Å²) in [6.07, 6.45) is 7.76. The van der Waals surface area contributed by atoms with Crippen LogP contribution in [-0.4, -0.2) is 57.6 Å². The number of hydrogen-bond acceptors (Lipinski definition) is 6. The molecule has 4 rings (SSSR count). The monoisotopic (exact) mass is 532 g/mol. The predicted octanol–water partition coefficient (Wildman–Crippen LogP) is 6.37. The molecule has 0 radical (unpaired) electrons. The Bertz CT molecular complexity index is 946. The highest BCUT2D eigenvalue weighted by Gasteiger charge is 2.61. The largest absolute Gasteiger partial charge is 0.426 e. The van der Waals surface area contributed by atoms with E-state index in [4.69, 9.17) is 18.9 Å². The van der Waals surface area contributed by atoms with Crippen LogP contribution in [0, 0.1) is 29.6 Å². The average molecular weight is 533 g/mol. The molecule has 2 saturated carbocycles. The minimum atomic E-state index is -0.185. The summed E-state index contributed by atoms with van der Waals surface area (Å²) in [5, 5.41) is 0. The molecule has 3 aliphatic carbocycles. The maximum absolute atomic E-state index is 12.6. The molecule has 1 aromatic carbocycles. The molecule has 3 aliphatic rings. The number of rotatable bonds is 12. The van der Waals surface area contributed by atoms with Gasteiger partial charge in [-0.05, 0) is 95.9 Å². The van der Waals surface area contributed by atoms with E-state index >= 15 is 0 Å². The van der Waals surface area contributed by atoms with Gasteiger partial charge in [0.1, 0.15) is 5.75 Å². The summed E-state index contributed by atoms with van der Waals surface area (Å²) in [6, 6.07) is 4.27. The highest BCUT2D eigenvalue weighted by atomic mass is 32.2. The molecule has 1 aromatic rings. The Kier molecular flexibility index (Phi) is 9.36.